The number of piperidine rings is 1. The molecule has 0 saturated carbocycles. The van der Waals surface area contributed by atoms with Crippen molar-refractivity contribution in [3.63, 3.8) is 0 Å². The largest absolute Gasteiger partial charge is 0.372 e. The summed E-state index contributed by atoms with van der Waals surface area (Å²) in [6.07, 6.45) is 2.64. The van der Waals surface area contributed by atoms with Crippen molar-refractivity contribution in [3.05, 3.63) is 29.8 Å². The second-order valence-electron chi connectivity index (χ2n) is 5.49. The lowest BCUT2D eigenvalue weighted by Gasteiger charge is -2.34. The Morgan fingerprint density at radius 2 is 1.78 bits per heavy atom. The summed E-state index contributed by atoms with van der Waals surface area (Å²) in [6, 6.07) is 8.94. The van der Waals surface area contributed by atoms with E-state index in [9.17, 15) is 0 Å². The van der Waals surface area contributed by atoms with E-state index in [0.717, 1.165) is 11.2 Å². The van der Waals surface area contributed by atoms with Gasteiger partial charge in [0.15, 0.2) is 0 Å². The lowest BCUT2D eigenvalue weighted by Crippen LogP contribution is -2.37. The van der Waals surface area contributed by atoms with Gasteiger partial charge in [-0.2, -0.15) is 0 Å². The average molecular weight is 311 g/mol. The first-order valence-electron chi connectivity index (χ1n) is 6.73. The third-order valence-corrected chi connectivity index (χ3v) is 4.34. The standard InChI is InChI=1S/C15H23BrN2/c1-17(2)12-14-7-9-18(10-8-14)15-5-3-13(11-16)4-6-15/h3-6,14H,7-12H2,1-2H3. The summed E-state index contributed by atoms with van der Waals surface area (Å²) in [5.41, 5.74) is 2.73. The van der Waals surface area contributed by atoms with E-state index in [1.165, 1.54) is 43.7 Å². The van der Waals surface area contributed by atoms with Crippen LogP contribution in [0.1, 0.15) is 18.4 Å². The fraction of sp³-hybridized carbons (Fsp3) is 0.600. The molecule has 1 aromatic rings. The number of benzene rings is 1. The molecule has 1 heterocycles. The number of hydrogen-bond donors (Lipinski definition) is 0. The van der Waals surface area contributed by atoms with E-state index in [-0.39, 0.29) is 0 Å². The van der Waals surface area contributed by atoms with E-state index in [0.29, 0.717) is 0 Å². The quantitative estimate of drug-likeness (QED) is 0.787. The van der Waals surface area contributed by atoms with Gasteiger partial charge in [0.05, 0.1) is 0 Å². The van der Waals surface area contributed by atoms with Crippen LogP contribution in [0.3, 0.4) is 0 Å². The molecule has 0 spiro atoms. The molecule has 2 rings (SSSR count). The average Bonchev–Trinajstić information content (AvgIpc) is 2.39. The van der Waals surface area contributed by atoms with E-state index < -0.39 is 0 Å². The van der Waals surface area contributed by atoms with Crippen LogP contribution in [-0.2, 0) is 5.33 Å². The summed E-state index contributed by atoms with van der Waals surface area (Å²) in [5, 5.41) is 0.943. The van der Waals surface area contributed by atoms with Gasteiger partial charge in [-0.15, -0.1) is 0 Å². The SMILES string of the molecule is CN(C)CC1CCN(c2ccc(CBr)cc2)CC1. The van der Waals surface area contributed by atoms with Crippen molar-refractivity contribution in [1.82, 2.24) is 4.90 Å². The summed E-state index contributed by atoms with van der Waals surface area (Å²) < 4.78 is 0. The molecule has 1 saturated heterocycles. The molecule has 3 heteroatoms. The van der Waals surface area contributed by atoms with Gasteiger partial charge in [-0.25, -0.2) is 0 Å². The van der Waals surface area contributed by atoms with Crippen molar-refractivity contribution in [3.8, 4) is 0 Å². The highest BCUT2D eigenvalue weighted by atomic mass is 79.9. The van der Waals surface area contributed by atoms with Crippen LogP contribution in [0.5, 0.6) is 0 Å². The molecule has 0 atom stereocenters. The first-order valence-corrected chi connectivity index (χ1v) is 7.86. The van der Waals surface area contributed by atoms with Crippen LogP contribution >= 0.6 is 15.9 Å². The van der Waals surface area contributed by atoms with Gasteiger partial charge in [0, 0.05) is 30.7 Å². The van der Waals surface area contributed by atoms with Crippen molar-refractivity contribution < 1.29 is 0 Å². The van der Waals surface area contributed by atoms with Crippen LogP contribution in [0.15, 0.2) is 24.3 Å². The zero-order valence-corrected chi connectivity index (χ0v) is 13.0. The van der Waals surface area contributed by atoms with Crippen molar-refractivity contribution >= 4 is 21.6 Å². The molecule has 0 amide bonds. The Labute approximate surface area is 119 Å². The fourth-order valence-electron chi connectivity index (χ4n) is 2.69. The highest BCUT2D eigenvalue weighted by Gasteiger charge is 2.19. The molecule has 1 aliphatic rings. The Kier molecular flexibility index (Phi) is 5.07. The molecule has 0 aromatic heterocycles. The number of alkyl halides is 1. The summed E-state index contributed by atoms with van der Waals surface area (Å²) in [5.74, 6) is 0.873. The molecule has 0 N–H and O–H groups in total. The Bertz CT molecular complexity index is 353. The number of anilines is 1. The predicted molar refractivity (Wildman–Crippen MR) is 82.6 cm³/mol. The Hall–Kier alpha value is -0.540. The molecule has 100 valence electrons. The van der Waals surface area contributed by atoms with Crippen molar-refractivity contribution in [2.75, 3.05) is 38.6 Å². The van der Waals surface area contributed by atoms with Gasteiger partial charge in [0.2, 0.25) is 0 Å². The van der Waals surface area contributed by atoms with Crippen molar-refractivity contribution in [1.29, 1.82) is 0 Å². The molecule has 1 fully saturated rings. The Morgan fingerprint density at radius 1 is 1.17 bits per heavy atom. The molecule has 0 bridgehead atoms. The first-order chi connectivity index (χ1) is 8.69. The molecule has 2 nitrogen and oxygen atoms in total. The van der Waals surface area contributed by atoms with E-state index in [1.807, 2.05) is 0 Å². The molecular formula is C15H23BrN2. The van der Waals surface area contributed by atoms with E-state index in [2.05, 4.69) is 64.1 Å². The zero-order chi connectivity index (χ0) is 13.0. The van der Waals surface area contributed by atoms with Crippen LogP contribution in [0.4, 0.5) is 5.69 Å². The second kappa shape index (κ2) is 6.58. The van der Waals surface area contributed by atoms with Gasteiger partial charge in [-0.05, 0) is 50.6 Å². The van der Waals surface area contributed by atoms with Crippen LogP contribution < -0.4 is 4.90 Å². The van der Waals surface area contributed by atoms with Gasteiger partial charge in [-0.1, -0.05) is 28.1 Å². The lowest BCUT2D eigenvalue weighted by molar-refractivity contribution is 0.285. The third kappa shape index (κ3) is 3.72. The molecule has 1 aliphatic heterocycles. The summed E-state index contributed by atoms with van der Waals surface area (Å²) in [6.45, 7) is 3.63. The zero-order valence-electron chi connectivity index (χ0n) is 11.4. The van der Waals surface area contributed by atoms with Crippen LogP contribution in [-0.4, -0.2) is 38.6 Å². The highest BCUT2D eigenvalue weighted by molar-refractivity contribution is 9.08. The maximum atomic E-state index is 3.49. The minimum absolute atomic E-state index is 0.873. The fourth-order valence-corrected chi connectivity index (χ4v) is 3.06. The Balaban J connectivity index is 1.88. The molecule has 0 radical (unpaired) electrons. The molecule has 18 heavy (non-hydrogen) atoms. The highest BCUT2D eigenvalue weighted by Crippen LogP contribution is 2.24. The summed E-state index contributed by atoms with van der Waals surface area (Å²) in [7, 11) is 4.34. The molecule has 0 aliphatic carbocycles. The third-order valence-electron chi connectivity index (χ3n) is 3.69. The van der Waals surface area contributed by atoms with Crippen LogP contribution in [0, 0.1) is 5.92 Å². The number of hydrogen-bond acceptors (Lipinski definition) is 2. The molecule has 1 aromatic carbocycles. The number of halogens is 1. The van der Waals surface area contributed by atoms with E-state index in [4.69, 9.17) is 0 Å². The van der Waals surface area contributed by atoms with E-state index in [1.54, 1.807) is 0 Å². The minimum Gasteiger partial charge on any atom is -0.372 e. The van der Waals surface area contributed by atoms with Gasteiger partial charge in [-0.3, -0.25) is 0 Å². The first kappa shape index (κ1) is 13.9. The van der Waals surface area contributed by atoms with Gasteiger partial charge >= 0.3 is 0 Å². The maximum absolute atomic E-state index is 3.49. The summed E-state index contributed by atoms with van der Waals surface area (Å²) in [4.78, 5) is 4.83. The number of rotatable bonds is 4. The van der Waals surface area contributed by atoms with E-state index >= 15 is 0 Å². The predicted octanol–water partition coefficient (Wildman–Crippen LogP) is 3.36. The Morgan fingerprint density at radius 3 is 2.28 bits per heavy atom. The van der Waals surface area contributed by atoms with Gasteiger partial charge in [0.25, 0.3) is 0 Å². The normalized spacial score (nSPS) is 17.4. The van der Waals surface area contributed by atoms with Gasteiger partial charge in [0.1, 0.15) is 0 Å². The second-order valence-corrected chi connectivity index (χ2v) is 6.05. The van der Waals surface area contributed by atoms with Crippen molar-refractivity contribution in [2.24, 2.45) is 5.92 Å². The lowest BCUT2D eigenvalue weighted by atomic mass is 9.96. The van der Waals surface area contributed by atoms with Crippen molar-refractivity contribution in [2.45, 2.75) is 18.2 Å². The minimum atomic E-state index is 0.873. The maximum Gasteiger partial charge on any atom is 0.0366 e. The number of nitrogens with zero attached hydrogens (tertiary/aromatic N) is 2. The van der Waals surface area contributed by atoms with Crippen LogP contribution in [0.25, 0.3) is 0 Å². The van der Waals surface area contributed by atoms with Gasteiger partial charge < -0.3 is 9.80 Å². The molecule has 0 unspecified atom stereocenters. The topological polar surface area (TPSA) is 6.48 Å². The molecular weight excluding hydrogens is 288 g/mol. The summed E-state index contributed by atoms with van der Waals surface area (Å²) >= 11 is 3.49. The van der Waals surface area contributed by atoms with Crippen LogP contribution in [0.2, 0.25) is 0 Å². The monoisotopic (exact) mass is 310 g/mol. The smallest absolute Gasteiger partial charge is 0.0366 e.